The highest BCUT2D eigenvalue weighted by atomic mass is 19.1. The van der Waals surface area contributed by atoms with Crippen molar-refractivity contribution in [3.8, 4) is 16.9 Å². The predicted molar refractivity (Wildman–Crippen MR) is 84.1 cm³/mol. The van der Waals surface area contributed by atoms with E-state index in [2.05, 4.69) is 4.98 Å². The number of hydrogen-bond acceptors (Lipinski definition) is 3. The zero-order chi connectivity index (χ0) is 15.9. The van der Waals surface area contributed by atoms with Gasteiger partial charge < -0.3 is 20.6 Å². The quantitative estimate of drug-likeness (QED) is 0.650. The van der Waals surface area contributed by atoms with Crippen LogP contribution in [0.5, 0.6) is 5.75 Å². The van der Waals surface area contributed by atoms with Gasteiger partial charge in [0.1, 0.15) is 17.8 Å². The summed E-state index contributed by atoms with van der Waals surface area (Å²) in [4.78, 5) is 3.11. The third kappa shape index (κ3) is 2.34. The standard InChI is InChI=1S/C17H17FN2O2/c1-9-13-7-11(18)8-14(16(13)20-15(9)17(19)21)10-3-5-12(22-2)6-4-10/h3-8,17,20-21H,19H2,1-2H3. The molecular formula is C17H17FN2O2. The molecule has 0 aliphatic heterocycles. The Morgan fingerprint density at radius 2 is 1.91 bits per heavy atom. The monoisotopic (exact) mass is 300 g/mol. The Hall–Kier alpha value is -2.37. The lowest BCUT2D eigenvalue weighted by Gasteiger charge is -2.06. The van der Waals surface area contributed by atoms with Gasteiger partial charge in [-0.25, -0.2) is 4.39 Å². The number of aromatic nitrogens is 1. The molecule has 0 amide bonds. The van der Waals surface area contributed by atoms with Gasteiger partial charge in [0.15, 0.2) is 0 Å². The lowest BCUT2D eigenvalue weighted by molar-refractivity contribution is 0.181. The third-order valence-corrected chi connectivity index (χ3v) is 3.87. The summed E-state index contributed by atoms with van der Waals surface area (Å²) in [5.41, 5.74) is 9.12. The largest absolute Gasteiger partial charge is 0.497 e. The topological polar surface area (TPSA) is 71.3 Å². The molecule has 1 unspecified atom stereocenters. The molecular weight excluding hydrogens is 283 g/mol. The minimum Gasteiger partial charge on any atom is -0.497 e. The van der Waals surface area contributed by atoms with Gasteiger partial charge in [0.05, 0.1) is 18.3 Å². The van der Waals surface area contributed by atoms with E-state index in [0.717, 1.165) is 22.4 Å². The van der Waals surface area contributed by atoms with Gasteiger partial charge in [-0.1, -0.05) is 12.1 Å². The fourth-order valence-corrected chi connectivity index (χ4v) is 2.70. The summed E-state index contributed by atoms with van der Waals surface area (Å²) in [7, 11) is 1.60. The van der Waals surface area contributed by atoms with Gasteiger partial charge in [-0.3, -0.25) is 0 Å². The number of rotatable bonds is 3. The number of benzene rings is 2. The maximum atomic E-state index is 14.0. The second-order valence-corrected chi connectivity index (χ2v) is 5.21. The van der Waals surface area contributed by atoms with E-state index in [4.69, 9.17) is 10.5 Å². The van der Waals surface area contributed by atoms with Crippen LogP contribution in [0.25, 0.3) is 22.0 Å². The van der Waals surface area contributed by atoms with Crippen LogP contribution in [0.2, 0.25) is 0 Å². The van der Waals surface area contributed by atoms with Crippen molar-refractivity contribution in [2.75, 3.05) is 7.11 Å². The molecule has 22 heavy (non-hydrogen) atoms. The van der Waals surface area contributed by atoms with Crippen molar-refractivity contribution in [2.45, 2.75) is 13.2 Å². The summed E-state index contributed by atoms with van der Waals surface area (Å²) in [6.45, 7) is 1.81. The van der Waals surface area contributed by atoms with E-state index < -0.39 is 6.23 Å². The molecule has 0 saturated carbocycles. The molecule has 4 N–H and O–H groups in total. The van der Waals surface area contributed by atoms with Crippen LogP contribution >= 0.6 is 0 Å². The molecule has 1 aromatic heterocycles. The molecule has 0 radical (unpaired) electrons. The molecule has 2 aromatic carbocycles. The molecule has 0 aliphatic carbocycles. The zero-order valence-corrected chi connectivity index (χ0v) is 12.4. The number of halogens is 1. The molecule has 0 saturated heterocycles. The number of H-pyrrole nitrogens is 1. The van der Waals surface area contributed by atoms with Crippen LogP contribution in [0.15, 0.2) is 36.4 Å². The Kier molecular flexibility index (Phi) is 3.60. The summed E-state index contributed by atoms with van der Waals surface area (Å²) >= 11 is 0. The summed E-state index contributed by atoms with van der Waals surface area (Å²) in [5.74, 6) is 0.399. The van der Waals surface area contributed by atoms with Gasteiger partial charge in [-0.15, -0.1) is 0 Å². The van der Waals surface area contributed by atoms with Crippen molar-refractivity contribution in [3.63, 3.8) is 0 Å². The van der Waals surface area contributed by atoms with Crippen LogP contribution in [0, 0.1) is 12.7 Å². The Labute approximate surface area is 127 Å². The van der Waals surface area contributed by atoms with Crippen LogP contribution < -0.4 is 10.5 Å². The van der Waals surface area contributed by atoms with E-state index in [0.29, 0.717) is 16.6 Å². The first-order chi connectivity index (χ1) is 10.5. The average Bonchev–Trinajstić information content (AvgIpc) is 2.84. The van der Waals surface area contributed by atoms with E-state index in [-0.39, 0.29) is 5.82 Å². The third-order valence-electron chi connectivity index (χ3n) is 3.87. The molecule has 3 rings (SSSR count). The number of hydrogen-bond donors (Lipinski definition) is 3. The maximum Gasteiger partial charge on any atom is 0.143 e. The Balaban J connectivity index is 2.25. The summed E-state index contributed by atoms with van der Waals surface area (Å²) in [6, 6.07) is 10.3. The minimum atomic E-state index is -1.13. The number of nitrogens with two attached hydrogens (primary N) is 1. The fourth-order valence-electron chi connectivity index (χ4n) is 2.70. The van der Waals surface area contributed by atoms with E-state index in [1.54, 1.807) is 7.11 Å². The Bertz CT molecular complexity index is 823. The molecule has 3 aromatic rings. The fraction of sp³-hybridized carbons (Fsp3) is 0.176. The van der Waals surface area contributed by atoms with E-state index >= 15 is 0 Å². The van der Waals surface area contributed by atoms with Crippen LogP contribution in [0.1, 0.15) is 17.5 Å². The average molecular weight is 300 g/mol. The summed E-state index contributed by atoms with van der Waals surface area (Å²) < 4.78 is 19.1. The van der Waals surface area contributed by atoms with E-state index in [1.807, 2.05) is 31.2 Å². The Morgan fingerprint density at radius 3 is 2.50 bits per heavy atom. The van der Waals surface area contributed by atoms with Crippen molar-refractivity contribution >= 4 is 10.9 Å². The normalized spacial score (nSPS) is 12.6. The minimum absolute atomic E-state index is 0.335. The number of nitrogens with one attached hydrogen (secondary N) is 1. The lowest BCUT2D eigenvalue weighted by Crippen LogP contribution is -2.09. The SMILES string of the molecule is COc1ccc(-c2cc(F)cc3c(C)c(C(N)O)[nH]c23)cc1. The van der Waals surface area contributed by atoms with Crippen molar-refractivity contribution in [1.82, 2.24) is 4.98 Å². The number of aliphatic hydroxyl groups is 1. The van der Waals surface area contributed by atoms with E-state index in [1.165, 1.54) is 12.1 Å². The molecule has 4 nitrogen and oxygen atoms in total. The number of ether oxygens (including phenoxy) is 1. The molecule has 5 heteroatoms. The molecule has 0 fully saturated rings. The van der Waals surface area contributed by atoms with Gasteiger partial charge in [-0.05, 0) is 42.3 Å². The molecule has 0 spiro atoms. The second-order valence-electron chi connectivity index (χ2n) is 5.21. The number of methoxy groups -OCH3 is 1. The van der Waals surface area contributed by atoms with E-state index in [9.17, 15) is 9.50 Å². The lowest BCUT2D eigenvalue weighted by atomic mass is 10.0. The highest BCUT2D eigenvalue weighted by molar-refractivity contribution is 5.97. The molecule has 1 heterocycles. The first-order valence-corrected chi connectivity index (χ1v) is 6.91. The van der Waals surface area contributed by atoms with Crippen molar-refractivity contribution in [1.29, 1.82) is 0 Å². The van der Waals surface area contributed by atoms with Crippen molar-refractivity contribution in [3.05, 3.63) is 53.5 Å². The number of fused-ring (bicyclic) bond motifs is 1. The highest BCUT2D eigenvalue weighted by Crippen LogP contribution is 2.34. The van der Waals surface area contributed by atoms with Crippen molar-refractivity contribution < 1.29 is 14.2 Å². The van der Waals surface area contributed by atoms with Crippen LogP contribution in [-0.2, 0) is 0 Å². The van der Waals surface area contributed by atoms with Gasteiger partial charge in [0.25, 0.3) is 0 Å². The maximum absolute atomic E-state index is 14.0. The summed E-state index contributed by atoms with van der Waals surface area (Å²) in [6.07, 6.45) is -1.13. The molecule has 114 valence electrons. The van der Waals surface area contributed by atoms with Gasteiger partial charge in [0.2, 0.25) is 0 Å². The molecule has 0 aliphatic rings. The number of aliphatic hydroxyl groups excluding tert-OH is 1. The molecule has 0 bridgehead atoms. The Morgan fingerprint density at radius 1 is 1.23 bits per heavy atom. The second kappa shape index (κ2) is 5.44. The first kappa shape index (κ1) is 14.6. The first-order valence-electron chi connectivity index (χ1n) is 6.91. The van der Waals surface area contributed by atoms with Crippen LogP contribution in [0.3, 0.4) is 0 Å². The predicted octanol–water partition coefficient (Wildman–Crippen LogP) is 3.24. The van der Waals surface area contributed by atoms with Crippen LogP contribution in [0.4, 0.5) is 4.39 Å². The zero-order valence-electron chi connectivity index (χ0n) is 12.4. The van der Waals surface area contributed by atoms with Crippen molar-refractivity contribution in [2.24, 2.45) is 5.73 Å². The van der Waals surface area contributed by atoms with Crippen LogP contribution in [-0.4, -0.2) is 17.2 Å². The number of aryl methyl sites for hydroxylation is 1. The number of aromatic amines is 1. The highest BCUT2D eigenvalue weighted by Gasteiger charge is 2.16. The summed E-state index contributed by atoms with van der Waals surface area (Å²) in [5, 5.41) is 10.4. The molecule has 1 atom stereocenters. The van der Waals surface area contributed by atoms with Gasteiger partial charge in [0, 0.05) is 10.9 Å². The van der Waals surface area contributed by atoms with Gasteiger partial charge >= 0.3 is 0 Å². The van der Waals surface area contributed by atoms with Gasteiger partial charge in [-0.2, -0.15) is 0 Å². The smallest absolute Gasteiger partial charge is 0.143 e.